The van der Waals surface area contributed by atoms with Crippen LogP contribution in [0.3, 0.4) is 0 Å². The van der Waals surface area contributed by atoms with Crippen LogP contribution in [0, 0.1) is 18.3 Å². The molecule has 1 aromatic heterocycles. The Morgan fingerprint density at radius 1 is 1.28 bits per heavy atom. The summed E-state index contributed by atoms with van der Waals surface area (Å²) in [6.07, 6.45) is 1.67. The summed E-state index contributed by atoms with van der Waals surface area (Å²) in [6, 6.07) is 15.7. The maximum absolute atomic E-state index is 9.47. The molecule has 0 saturated carbocycles. The van der Waals surface area contributed by atoms with Gasteiger partial charge in [0.2, 0.25) is 0 Å². The minimum Gasteiger partial charge on any atom is -0.360 e. The van der Waals surface area contributed by atoms with Gasteiger partial charge in [-0.3, -0.25) is 0 Å². The van der Waals surface area contributed by atoms with Crippen LogP contribution in [-0.2, 0) is 0 Å². The van der Waals surface area contributed by atoms with Crippen molar-refractivity contribution in [2.45, 2.75) is 6.92 Å². The van der Waals surface area contributed by atoms with Gasteiger partial charge in [0.05, 0.1) is 5.69 Å². The molecule has 1 heterocycles. The highest BCUT2D eigenvalue weighted by atomic mass is 79.9. The zero-order valence-corrected chi connectivity index (χ0v) is 16.4. The molecular formula is C19H13BrClN3S. The topological polar surface area (TPSA) is 48.7 Å². The minimum absolute atomic E-state index is 0.479. The number of aryl methyl sites for hydroxylation is 1. The molecule has 0 bridgehead atoms. The van der Waals surface area contributed by atoms with E-state index >= 15 is 0 Å². The largest absolute Gasteiger partial charge is 0.360 e. The second kappa shape index (κ2) is 7.83. The average Bonchev–Trinajstić information content (AvgIpc) is 3.09. The molecule has 0 amide bonds. The molecule has 1 N–H and O–H groups in total. The zero-order chi connectivity index (χ0) is 17.8. The van der Waals surface area contributed by atoms with Crippen molar-refractivity contribution < 1.29 is 0 Å². The molecule has 124 valence electrons. The molecule has 25 heavy (non-hydrogen) atoms. The Morgan fingerprint density at radius 2 is 2.04 bits per heavy atom. The molecule has 0 aliphatic rings. The number of hydrogen-bond donors (Lipinski definition) is 1. The first-order valence-corrected chi connectivity index (χ1v) is 9.46. The summed E-state index contributed by atoms with van der Waals surface area (Å²) in [5, 5.41) is 15.9. The van der Waals surface area contributed by atoms with Gasteiger partial charge in [0.1, 0.15) is 16.6 Å². The number of allylic oxidation sites excluding steroid dienone is 1. The lowest BCUT2D eigenvalue weighted by Gasteiger charge is -2.06. The molecule has 3 rings (SSSR count). The van der Waals surface area contributed by atoms with Crippen molar-refractivity contribution in [3.8, 4) is 17.3 Å². The van der Waals surface area contributed by atoms with Crippen molar-refractivity contribution in [1.29, 1.82) is 5.26 Å². The van der Waals surface area contributed by atoms with Crippen LogP contribution in [0.1, 0.15) is 10.6 Å². The van der Waals surface area contributed by atoms with Crippen LogP contribution in [0.15, 0.2) is 58.5 Å². The maximum atomic E-state index is 9.47. The third kappa shape index (κ3) is 4.29. The Hall–Kier alpha value is -2.13. The number of nitriles is 1. The second-order valence-electron chi connectivity index (χ2n) is 5.32. The van der Waals surface area contributed by atoms with Crippen LogP contribution < -0.4 is 5.32 Å². The number of nitrogens with zero attached hydrogens (tertiary/aromatic N) is 2. The van der Waals surface area contributed by atoms with Crippen LogP contribution >= 0.6 is 38.9 Å². The molecule has 0 unspecified atom stereocenters. The van der Waals surface area contributed by atoms with E-state index in [1.165, 1.54) is 11.3 Å². The molecule has 0 aliphatic heterocycles. The smallest absolute Gasteiger partial charge is 0.136 e. The number of rotatable bonds is 4. The number of aromatic nitrogens is 1. The van der Waals surface area contributed by atoms with E-state index in [2.05, 4.69) is 32.3 Å². The zero-order valence-electron chi connectivity index (χ0n) is 13.3. The van der Waals surface area contributed by atoms with Crippen LogP contribution in [0.2, 0.25) is 5.02 Å². The van der Waals surface area contributed by atoms with E-state index in [1.807, 2.05) is 54.8 Å². The standard InChI is InChI=1S/C19H13BrClN3S/c1-12-2-7-16(21)8-17(12)23-10-14(9-22)19-24-18(11-25-19)13-3-5-15(20)6-4-13/h2-8,10-11,23H,1H3. The third-order valence-corrected chi connectivity index (χ3v) is 5.21. The highest BCUT2D eigenvalue weighted by molar-refractivity contribution is 9.10. The maximum Gasteiger partial charge on any atom is 0.136 e. The lowest BCUT2D eigenvalue weighted by Crippen LogP contribution is -1.93. The van der Waals surface area contributed by atoms with Crippen LogP contribution in [0.25, 0.3) is 16.8 Å². The number of halogens is 2. The van der Waals surface area contributed by atoms with E-state index in [0.29, 0.717) is 15.6 Å². The molecule has 0 spiro atoms. The van der Waals surface area contributed by atoms with Crippen molar-refractivity contribution in [2.75, 3.05) is 5.32 Å². The fraction of sp³-hybridized carbons (Fsp3) is 0.0526. The summed E-state index contributed by atoms with van der Waals surface area (Å²) in [5.41, 5.74) is 4.26. The summed E-state index contributed by atoms with van der Waals surface area (Å²) in [6.45, 7) is 1.98. The molecular weight excluding hydrogens is 418 g/mol. The predicted molar refractivity (Wildman–Crippen MR) is 109 cm³/mol. The van der Waals surface area contributed by atoms with Crippen LogP contribution in [0.5, 0.6) is 0 Å². The van der Waals surface area contributed by atoms with Gasteiger partial charge in [-0.15, -0.1) is 11.3 Å². The van der Waals surface area contributed by atoms with Crippen LogP contribution in [0.4, 0.5) is 5.69 Å². The van der Waals surface area contributed by atoms with Crippen molar-refractivity contribution in [1.82, 2.24) is 4.98 Å². The monoisotopic (exact) mass is 429 g/mol. The Labute approximate surface area is 163 Å². The summed E-state index contributed by atoms with van der Waals surface area (Å²) in [7, 11) is 0. The van der Waals surface area contributed by atoms with Gasteiger partial charge in [0.25, 0.3) is 0 Å². The molecule has 0 aliphatic carbocycles. The van der Waals surface area contributed by atoms with Gasteiger partial charge in [0, 0.05) is 32.3 Å². The summed E-state index contributed by atoms with van der Waals surface area (Å²) >= 11 is 10.9. The normalized spacial score (nSPS) is 11.2. The Morgan fingerprint density at radius 3 is 2.76 bits per heavy atom. The second-order valence-corrected chi connectivity index (χ2v) is 7.53. The van der Waals surface area contributed by atoms with E-state index in [9.17, 15) is 5.26 Å². The first-order chi connectivity index (χ1) is 12.1. The van der Waals surface area contributed by atoms with E-state index in [0.717, 1.165) is 27.0 Å². The van der Waals surface area contributed by atoms with Gasteiger partial charge >= 0.3 is 0 Å². The molecule has 0 radical (unpaired) electrons. The Kier molecular flexibility index (Phi) is 5.54. The fourth-order valence-corrected chi connectivity index (χ4v) is 3.42. The first-order valence-electron chi connectivity index (χ1n) is 7.41. The van der Waals surface area contributed by atoms with Gasteiger partial charge in [0.15, 0.2) is 0 Å². The lowest BCUT2D eigenvalue weighted by molar-refractivity contribution is 1.36. The molecule has 0 saturated heterocycles. The summed E-state index contributed by atoms with van der Waals surface area (Å²) in [5.74, 6) is 0. The molecule has 3 aromatic rings. The molecule has 0 atom stereocenters. The Balaban J connectivity index is 1.85. The molecule has 3 nitrogen and oxygen atoms in total. The number of hydrogen-bond acceptors (Lipinski definition) is 4. The fourth-order valence-electron chi connectivity index (χ4n) is 2.19. The van der Waals surface area contributed by atoms with Gasteiger partial charge in [-0.2, -0.15) is 5.26 Å². The predicted octanol–water partition coefficient (Wildman–Crippen LogP) is 6.51. The molecule has 6 heteroatoms. The number of benzene rings is 2. The van der Waals surface area contributed by atoms with Crippen LogP contribution in [-0.4, -0.2) is 4.98 Å². The van der Waals surface area contributed by atoms with Crippen molar-refractivity contribution in [3.63, 3.8) is 0 Å². The molecule has 0 fully saturated rings. The highest BCUT2D eigenvalue weighted by Crippen LogP contribution is 2.27. The first kappa shape index (κ1) is 17.7. The van der Waals surface area contributed by atoms with Gasteiger partial charge < -0.3 is 5.32 Å². The SMILES string of the molecule is Cc1ccc(Cl)cc1NC=C(C#N)c1nc(-c2ccc(Br)cc2)cs1. The highest BCUT2D eigenvalue weighted by Gasteiger charge is 2.09. The summed E-state index contributed by atoms with van der Waals surface area (Å²) < 4.78 is 1.02. The Bertz CT molecular complexity index is 971. The summed E-state index contributed by atoms with van der Waals surface area (Å²) in [4.78, 5) is 4.58. The number of nitrogens with one attached hydrogen (secondary N) is 1. The van der Waals surface area contributed by atoms with E-state index in [4.69, 9.17) is 11.6 Å². The van der Waals surface area contributed by atoms with E-state index < -0.39 is 0 Å². The van der Waals surface area contributed by atoms with E-state index in [1.54, 1.807) is 6.20 Å². The van der Waals surface area contributed by atoms with Crippen molar-refractivity contribution in [3.05, 3.63) is 74.1 Å². The third-order valence-electron chi connectivity index (χ3n) is 3.57. The molecule has 2 aromatic carbocycles. The quantitative estimate of drug-likeness (QED) is 0.480. The van der Waals surface area contributed by atoms with E-state index in [-0.39, 0.29) is 0 Å². The van der Waals surface area contributed by atoms with Crippen molar-refractivity contribution >= 4 is 50.1 Å². The number of thiazole rings is 1. The lowest BCUT2D eigenvalue weighted by atomic mass is 10.2. The van der Waals surface area contributed by atoms with Crippen molar-refractivity contribution in [2.24, 2.45) is 0 Å². The minimum atomic E-state index is 0.479. The van der Waals surface area contributed by atoms with Gasteiger partial charge in [-0.05, 0) is 36.8 Å². The number of anilines is 1. The van der Waals surface area contributed by atoms with Gasteiger partial charge in [-0.1, -0.05) is 45.7 Å². The average molecular weight is 431 g/mol. The van der Waals surface area contributed by atoms with Gasteiger partial charge in [-0.25, -0.2) is 4.98 Å².